The number of Topliss-reactive ketones (excluding diaryl/α,β-unsaturated/α-hetero) is 1. The Labute approximate surface area is 217 Å². The average molecular weight is 521 g/mol. The van der Waals surface area contributed by atoms with E-state index in [4.69, 9.17) is 33.0 Å². The lowest BCUT2D eigenvalue weighted by molar-refractivity contribution is -0.138. The Morgan fingerprint density at radius 2 is 1.86 bits per heavy atom. The number of carboxylic acids is 1. The number of carbonyl (C=O) groups excluding carboxylic acids is 1. The lowest BCUT2D eigenvalue weighted by Crippen LogP contribution is -2.35. The zero-order valence-corrected chi connectivity index (χ0v) is 21.7. The van der Waals surface area contributed by atoms with Crippen molar-refractivity contribution in [1.29, 1.82) is 0 Å². The molecular weight excluding hydrogens is 487 g/mol. The van der Waals surface area contributed by atoms with Crippen molar-refractivity contribution in [2.24, 2.45) is 0 Å². The molecule has 0 spiro atoms. The second kappa shape index (κ2) is 13.8. The molecule has 1 aromatic heterocycles. The minimum absolute atomic E-state index is 0.112. The number of aliphatic carboxylic acids is 1. The van der Waals surface area contributed by atoms with Gasteiger partial charge in [-0.1, -0.05) is 81.1 Å². The van der Waals surface area contributed by atoms with Crippen molar-refractivity contribution in [3.63, 3.8) is 0 Å². The summed E-state index contributed by atoms with van der Waals surface area (Å²) in [6, 6.07) is 6.82. The van der Waals surface area contributed by atoms with E-state index in [1.807, 2.05) is 6.07 Å². The van der Waals surface area contributed by atoms with Crippen LogP contribution in [0.1, 0.15) is 85.7 Å². The monoisotopic (exact) mass is 520 g/mol. The first-order chi connectivity index (χ1) is 16.9. The molecule has 0 saturated carbocycles. The van der Waals surface area contributed by atoms with E-state index in [1.165, 1.54) is 44.9 Å². The summed E-state index contributed by atoms with van der Waals surface area (Å²) in [5, 5.41) is 13.2. The average Bonchev–Trinajstić information content (AvgIpc) is 3.39. The summed E-state index contributed by atoms with van der Waals surface area (Å²) in [7, 11) is 0. The Balaban J connectivity index is 0.000000237. The number of carbonyl (C=O) groups is 2. The molecule has 4 rings (SSSR count). The van der Waals surface area contributed by atoms with Crippen molar-refractivity contribution >= 4 is 35.0 Å². The largest absolute Gasteiger partial charge is 0.481 e. The lowest BCUT2D eigenvalue weighted by Gasteiger charge is -2.10. The number of pyridine rings is 1. The molecule has 190 valence electrons. The Hall–Kier alpha value is -2.15. The molecular formula is C27H34Cl2N2O4. The maximum absolute atomic E-state index is 12.4. The van der Waals surface area contributed by atoms with Gasteiger partial charge >= 0.3 is 5.97 Å². The number of rotatable bonds is 11. The van der Waals surface area contributed by atoms with Crippen molar-refractivity contribution < 1.29 is 19.4 Å². The van der Waals surface area contributed by atoms with Crippen LogP contribution in [0.25, 0.3) is 0 Å². The quantitative estimate of drug-likeness (QED) is 0.330. The number of ketones is 1. The molecule has 2 aliphatic rings. The molecule has 0 bridgehead atoms. The van der Waals surface area contributed by atoms with Gasteiger partial charge in [0.05, 0.1) is 11.1 Å². The van der Waals surface area contributed by atoms with Gasteiger partial charge in [0, 0.05) is 22.3 Å². The molecule has 2 aromatic rings. The first kappa shape index (κ1) is 27.4. The predicted molar refractivity (Wildman–Crippen MR) is 139 cm³/mol. The third kappa shape index (κ3) is 7.66. The number of fused-ring (bicyclic) bond motifs is 2. The van der Waals surface area contributed by atoms with E-state index in [0.29, 0.717) is 33.5 Å². The topological polar surface area (TPSA) is 88.5 Å². The highest BCUT2D eigenvalue weighted by Gasteiger charge is 2.32. The highest BCUT2D eigenvalue weighted by atomic mass is 35.5. The lowest BCUT2D eigenvalue weighted by atomic mass is 10.0. The molecule has 6 nitrogen and oxygen atoms in total. The summed E-state index contributed by atoms with van der Waals surface area (Å²) in [5.41, 5.74) is 2.30. The fourth-order valence-electron chi connectivity index (χ4n) is 4.50. The Morgan fingerprint density at radius 1 is 1.14 bits per heavy atom. The van der Waals surface area contributed by atoms with E-state index >= 15 is 0 Å². The summed E-state index contributed by atoms with van der Waals surface area (Å²) < 4.78 is 5.08. The molecule has 0 amide bonds. The van der Waals surface area contributed by atoms with Gasteiger partial charge in [0.2, 0.25) is 5.88 Å². The van der Waals surface area contributed by atoms with Gasteiger partial charge in [0.25, 0.3) is 0 Å². The molecule has 0 saturated heterocycles. The van der Waals surface area contributed by atoms with Gasteiger partial charge in [-0.2, -0.15) is 0 Å². The van der Waals surface area contributed by atoms with Crippen LogP contribution >= 0.6 is 23.2 Å². The summed E-state index contributed by atoms with van der Waals surface area (Å²) in [4.78, 5) is 27.0. The Bertz CT molecular complexity index is 1010. The third-order valence-electron chi connectivity index (χ3n) is 6.41. The normalized spacial score (nSPS) is 17.9. The second-order valence-corrected chi connectivity index (χ2v) is 9.91. The van der Waals surface area contributed by atoms with Gasteiger partial charge in [0.1, 0.15) is 12.5 Å². The number of nitrogens with one attached hydrogen (secondary N) is 1. The molecule has 2 N–H and O–H groups in total. The van der Waals surface area contributed by atoms with Crippen LogP contribution in [0.2, 0.25) is 10.0 Å². The minimum atomic E-state index is -0.859. The van der Waals surface area contributed by atoms with E-state index in [0.717, 1.165) is 18.5 Å². The summed E-state index contributed by atoms with van der Waals surface area (Å²) in [5.74, 6) is -0.846. The van der Waals surface area contributed by atoms with Crippen LogP contribution in [0.15, 0.2) is 30.5 Å². The van der Waals surface area contributed by atoms with Crippen LogP contribution in [0.4, 0.5) is 0 Å². The van der Waals surface area contributed by atoms with Gasteiger partial charge in [-0.25, -0.2) is 4.98 Å². The SMILES string of the molecule is CCCCCCCCCCNC1Cc2cc(Cl)cc(Cl)c2C1=O.O=C(O)C1COc2ncccc21. The fraction of sp³-hybridized carbons (Fsp3) is 0.519. The van der Waals surface area contributed by atoms with Crippen LogP contribution in [0, 0.1) is 0 Å². The molecule has 35 heavy (non-hydrogen) atoms. The number of hydrogen-bond acceptors (Lipinski definition) is 5. The van der Waals surface area contributed by atoms with E-state index < -0.39 is 11.9 Å². The first-order valence-corrected chi connectivity index (χ1v) is 13.2. The number of benzene rings is 1. The maximum Gasteiger partial charge on any atom is 0.314 e. The number of halogens is 2. The zero-order valence-electron chi connectivity index (χ0n) is 20.2. The Kier molecular flexibility index (Phi) is 10.8. The zero-order chi connectivity index (χ0) is 25.2. The van der Waals surface area contributed by atoms with E-state index in [-0.39, 0.29) is 18.4 Å². The van der Waals surface area contributed by atoms with Crippen LogP contribution < -0.4 is 10.1 Å². The van der Waals surface area contributed by atoms with Crippen molar-refractivity contribution in [1.82, 2.24) is 10.3 Å². The molecule has 1 aliphatic carbocycles. The molecule has 1 aromatic carbocycles. The van der Waals surface area contributed by atoms with E-state index in [2.05, 4.69) is 17.2 Å². The summed E-state index contributed by atoms with van der Waals surface area (Å²) >= 11 is 12.2. The fourth-order valence-corrected chi connectivity index (χ4v) is 5.12. The highest BCUT2D eigenvalue weighted by Crippen LogP contribution is 2.32. The standard InChI is InChI=1S/C19H27Cl2NO.C8H7NO3/c1-2-3-4-5-6-7-8-9-10-22-17-12-14-11-15(20)13-16(21)18(14)19(17)23;10-8(11)6-4-12-7-5(6)2-1-3-9-7/h11,13,17,22H,2-10,12H2,1H3;1-3,6H,4H2,(H,10,11). The number of carboxylic acid groups (broad SMARTS) is 1. The second-order valence-electron chi connectivity index (χ2n) is 9.07. The molecule has 2 unspecified atom stereocenters. The number of nitrogens with zero attached hydrogens (tertiary/aromatic N) is 1. The maximum atomic E-state index is 12.4. The minimum Gasteiger partial charge on any atom is -0.481 e. The predicted octanol–water partition coefficient (Wildman–Crippen LogP) is 6.47. The smallest absolute Gasteiger partial charge is 0.314 e. The highest BCUT2D eigenvalue weighted by molar-refractivity contribution is 6.37. The van der Waals surface area contributed by atoms with Gasteiger partial charge in [-0.3, -0.25) is 9.59 Å². The summed E-state index contributed by atoms with van der Waals surface area (Å²) in [6.07, 6.45) is 12.7. The third-order valence-corrected chi connectivity index (χ3v) is 6.92. The van der Waals surface area contributed by atoms with E-state index in [9.17, 15) is 9.59 Å². The molecule has 2 heterocycles. The number of hydrogen-bond donors (Lipinski definition) is 2. The van der Waals surface area contributed by atoms with Crippen LogP contribution in [0.5, 0.6) is 5.88 Å². The van der Waals surface area contributed by atoms with E-state index in [1.54, 1.807) is 24.4 Å². The van der Waals surface area contributed by atoms with Gasteiger partial charge in [0.15, 0.2) is 5.78 Å². The van der Waals surface area contributed by atoms with Crippen molar-refractivity contribution in [3.05, 3.63) is 57.2 Å². The van der Waals surface area contributed by atoms with Crippen LogP contribution in [-0.4, -0.2) is 41.0 Å². The van der Waals surface area contributed by atoms with Gasteiger partial charge in [-0.15, -0.1) is 0 Å². The van der Waals surface area contributed by atoms with Gasteiger partial charge in [-0.05, 0) is 43.1 Å². The molecule has 0 fully saturated rings. The number of aromatic nitrogens is 1. The summed E-state index contributed by atoms with van der Waals surface area (Å²) in [6.45, 7) is 3.34. The molecule has 8 heteroatoms. The van der Waals surface area contributed by atoms with Crippen molar-refractivity contribution in [3.8, 4) is 5.88 Å². The number of unbranched alkanes of at least 4 members (excludes halogenated alkanes) is 7. The van der Waals surface area contributed by atoms with Gasteiger partial charge < -0.3 is 15.2 Å². The number of ether oxygens (including phenoxy) is 1. The van der Waals surface area contributed by atoms with Crippen molar-refractivity contribution in [2.75, 3.05) is 13.2 Å². The molecule has 2 atom stereocenters. The molecule has 1 aliphatic heterocycles. The Morgan fingerprint density at radius 3 is 2.57 bits per heavy atom. The van der Waals surface area contributed by atoms with Crippen LogP contribution in [0.3, 0.4) is 0 Å². The van der Waals surface area contributed by atoms with Crippen LogP contribution in [-0.2, 0) is 11.2 Å². The van der Waals surface area contributed by atoms with Crippen molar-refractivity contribution in [2.45, 2.75) is 76.7 Å². The first-order valence-electron chi connectivity index (χ1n) is 12.5. The molecule has 0 radical (unpaired) electrons.